The molecule has 13 nitrogen and oxygen atoms in total. The van der Waals surface area contributed by atoms with Crippen molar-refractivity contribution in [3.05, 3.63) is 96.1 Å². The normalized spacial score (nSPS) is 15.1. The second kappa shape index (κ2) is 24.9. The Morgan fingerprint density at radius 2 is 1.25 bits per heavy atom. The van der Waals surface area contributed by atoms with Crippen molar-refractivity contribution in [3.63, 3.8) is 0 Å². The summed E-state index contributed by atoms with van der Waals surface area (Å²) in [5.74, 6) is -3.67. The second-order valence-electron chi connectivity index (χ2n) is 15.4. The number of ether oxygens (including phenoxy) is 7. The van der Waals surface area contributed by atoms with Gasteiger partial charge in [-0.1, -0.05) is 77.0 Å². The molecule has 0 unspecified atom stereocenters. The van der Waals surface area contributed by atoms with Gasteiger partial charge in [0.1, 0.15) is 31.8 Å². The lowest BCUT2D eigenvalue weighted by Gasteiger charge is -2.32. The lowest BCUT2D eigenvalue weighted by Crippen LogP contribution is -2.44. The molecule has 1 aliphatic carbocycles. The number of carbonyl (C=O) groups is 6. The van der Waals surface area contributed by atoms with Gasteiger partial charge in [0, 0.05) is 35.5 Å². The van der Waals surface area contributed by atoms with Gasteiger partial charge in [-0.2, -0.15) is 0 Å². The minimum atomic E-state index is -1.62. The molecular weight excluding hydrogens is 785 g/mol. The molecule has 0 aliphatic heterocycles. The van der Waals surface area contributed by atoms with Crippen LogP contribution < -0.4 is 9.47 Å². The molecule has 1 fully saturated rings. The largest absolute Gasteiger partial charge is 0.489 e. The third-order valence-electron chi connectivity index (χ3n) is 10.4. The molecule has 0 heterocycles. The lowest BCUT2D eigenvalue weighted by atomic mass is 9.76. The van der Waals surface area contributed by atoms with E-state index >= 15 is 0 Å². The first-order valence-corrected chi connectivity index (χ1v) is 20.6. The number of rotatable bonds is 23. The Balaban J connectivity index is 2.00. The first-order chi connectivity index (χ1) is 29.1. The van der Waals surface area contributed by atoms with Crippen LogP contribution in [0.15, 0.2) is 85.0 Å². The van der Waals surface area contributed by atoms with Crippen LogP contribution in [0.5, 0.6) is 11.5 Å². The summed E-state index contributed by atoms with van der Waals surface area (Å²) < 4.78 is 37.5. The van der Waals surface area contributed by atoms with E-state index in [1.807, 2.05) is 6.07 Å². The van der Waals surface area contributed by atoms with E-state index in [4.69, 9.17) is 23.7 Å². The van der Waals surface area contributed by atoms with E-state index in [9.17, 15) is 28.8 Å². The molecule has 0 aromatic heterocycles. The highest BCUT2D eigenvalue weighted by atomic mass is 16.6. The third-order valence-corrected chi connectivity index (χ3v) is 10.4. The highest BCUT2D eigenvalue weighted by Crippen LogP contribution is 2.41. The van der Waals surface area contributed by atoms with Crippen LogP contribution in [0, 0.1) is 11.3 Å². The maximum absolute atomic E-state index is 13.0. The molecule has 1 saturated carbocycles. The van der Waals surface area contributed by atoms with Gasteiger partial charge in [-0.15, -0.1) is 0 Å². The Kier molecular flexibility index (Phi) is 20.2. The van der Waals surface area contributed by atoms with Crippen LogP contribution in [-0.4, -0.2) is 76.5 Å². The summed E-state index contributed by atoms with van der Waals surface area (Å²) in [6.45, 7) is 12.4. The molecule has 0 bridgehead atoms. The number of methoxy groups -OCH3 is 2. The molecule has 3 rings (SSSR count). The zero-order chi connectivity index (χ0) is 45.0. The molecule has 330 valence electrons. The Labute approximate surface area is 359 Å². The van der Waals surface area contributed by atoms with Gasteiger partial charge in [-0.05, 0) is 92.2 Å². The number of carbonyl (C=O) groups excluding carboxylic acids is 6. The molecule has 0 radical (unpaired) electrons. The zero-order valence-corrected chi connectivity index (χ0v) is 36.3. The van der Waals surface area contributed by atoms with Crippen LogP contribution >= 0.6 is 0 Å². The highest BCUT2D eigenvalue weighted by Gasteiger charge is 2.38. The molecular formula is C48H60O13. The smallest absolute Gasteiger partial charge is 0.338 e. The molecule has 0 N–H and O–H groups in total. The SMILES string of the molecule is C=C(C)C(=O)OCC(COC(=O)/C=C/C(=O)OC)(COC(=O)/C=C/C(=O)OC)COc1ccc(-c2ccc(C3CCC(CCCCC)CC3)cc2CC)cc1OC(=O)C(=C)C. The fourth-order valence-corrected chi connectivity index (χ4v) is 6.75. The van der Waals surface area contributed by atoms with Gasteiger partial charge in [0.25, 0.3) is 0 Å². The molecule has 13 heteroatoms. The molecule has 0 atom stereocenters. The van der Waals surface area contributed by atoms with E-state index in [1.54, 1.807) is 12.1 Å². The number of unbranched alkanes of at least 4 members (excludes halogenated alkanes) is 2. The van der Waals surface area contributed by atoms with Crippen molar-refractivity contribution in [1.82, 2.24) is 0 Å². The maximum Gasteiger partial charge on any atom is 0.338 e. The quantitative estimate of drug-likeness (QED) is 0.0345. The number of hydrogen-bond acceptors (Lipinski definition) is 13. The summed E-state index contributed by atoms with van der Waals surface area (Å²) in [4.78, 5) is 74.2. The predicted molar refractivity (Wildman–Crippen MR) is 228 cm³/mol. The van der Waals surface area contributed by atoms with Crippen LogP contribution in [0.1, 0.15) is 96.1 Å². The Morgan fingerprint density at radius 1 is 0.672 bits per heavy atom. The van der Waals surface area contributed by atoms with Gasteiger partial charge in [0.2, 0.25) is 0 Å². The minimum absolute atomic E-state index is 0.0434. The van der Waals surface area contributed by atoms with E-state index in [-0.39, 0.29) is 22.6 Å². The summed E-state index contributed by atoms with van der Waals surface area (Å²) >= 11 is 0. The van der Waals surface area contributed by atoms with Crippen molar-refractivity contribution in [2.45, 2.75) is 91.4 Å². The average Bonchev–Trinajstić information content (AvgIpc) is 3.26. The fraction of sp³-hybridized carbons (Fsp3) is 0.458. The molecule has 0 spiro atoms. The third kappa shape index (κ3) is 16.2. The first kappa shape index (κ1) is 49.4. The Hall–Kier alpha value is -5.98. The first-order valence-electron chi connectivity index (χ1n) is 20.6. The summed E-state index contributed by atoms with van der Waals surface area (Å²) in [6.07, 6.45) is 14.1. The number of benzene rings is 2. The van der Waals surface area contributed by atoms with Gasteiger partial charge < -0.3 is 33.2 Å². The summed E-state index contributed by atoms with van der Waals surface area (Å²) in [5.41, 5.74) is 2.75. The van der Waals surface area contributed by atoms with Crippen LogP contribution in [-0.2, 0) is 58.9 Å². The summed E-state index contributed by atoms with van der Waals surface area (Å²) in [5, 5.41) is 0. The van der Waals surface area contributed by atoms with Gasteiger partial charge in [-0.3, -0.25) is 0 Å². The number of esters is 6. The fourth-order valence-electron chi connectivity index (χ4n) is 6.75. The van der Waals surface area contributed by atoms with Gasteiger partial charge in [-0.25, -0.2) is 28.8 Å². The Bertz CT molecular complexity index is 1910. The standard InChI is InChI=1S/C48H60O13/c1-9-11-12-13-34-14-16-36(17-15-34)37-18-20-39(35(10-2)26-37)38-19-21-40(41(27-38)61-47(54)33(5)6)57-28-48(31-60-46(53)32(3)4,29-58-44(51)24-22-42(49)55-7)30-59-45(52)25-23-43(50)56-8/h18-27,34,36H,3,5,9-17,28-31H2,1-2,4,6-8H3/b24-22+,25-23+. The molecule has 2 aromatic carbocycles. The van der Waals surface area contributed by atoms with E-state index in [0.29, 0.717) is 5.92 Å². The molecule has 0 amide bonds. The Morgan fingerprint density at radius 3 is 1.79 bits per heavy atom. The average molecular weight is 845 g/mol. The number of aryl methyl sites for hydroxylation is 1. The minimum Gasteiger partial charge on any atom is -0.489 e. The molecule has 0 saturated heterocycles. The van der Waals surface area contributed by atoms with E-state index in [1.165, 1.54) is 70.8 Å². The maximum atomic E-state index is 13.0. The summed E-state index contributed by atoms with van der Waals surface area (Å²) in [6, 6.07) is 11.7. The summed E-state index contributed by atoms with van der Waals surface area (Å²) in [7, 11) is 2.27. The molecule has 1 aliphatic rings. The van der Waals surface area contributed by atoms with Crippen molar-refractivity contribution >= 4 is 35.8 Å². The highest BCUT2D eigenvalue weighted by molar-refractivity contribution is 5.92. The van der Waals surface area contributed by atoms with Crippen LogP contribution in [0.3, 0.4) is 0 Å². The van der Waals surface area contributed by atoms with Gasteiger partial charge in [0.05, 0.1) is 14.2 Å². The second-order valence-corrected chi connectivity index (χ2v) is 15.4. The van der Waals surface area contributed by atoms with E-state index < -0.39 is 67.7 Å². The van der Waals surface area contributed by atoms with Crippen LogP contribution in [0.2, 0.25) is 0 Å². The van der Waals surface area contributed by atoms with Crippen LogP contribution in [0.25, 0.3) is 11.1 Å². The van der Waals surface area contributed by atoms with Crippen molar-refractivity contribution in [2.75, 3.05) is 40.6 Å². The van der Waals surface area contributed by atoms with Crippen molar-refractivity contribution in [1.29, 1.82) is 0 Å². The zero-order valence-electron chi connectivity index (χ0n) is 36.3. The van der Waals surface area contributed by atoms with Crippen molar-refractivity contribution in [2.24, 2.45) is 11.3 Å². The number of hydrogen-bond donors (Lipinski definition) is 0. The molecule has 61 heavy (non-hydrogen) atoms. The monoisotopic (exact) mass is 844 g/mol. The van der Waals surface area contributed by atoms with E-state index in [0.717, 1.165) is 67.6 Å². The lowest BCUT2D eigenvalue weighted by molar-refractivity contribution is -0.159. The topological polar surface area (TPSA) is 167 Å². The van der Waals surface area contributed by atoms with Crippen molar-refractivity contribution < 1.29 is 61.9 Å². The predicted octanol–water partition coefficient (Wildman–Crippen LogP) is 8.28. The van der Waals surface area contributed by atoms with E-state index in [2.05, 4.69) is 54.7 Å². The van der Waals surface area contributed by atoms with Crippen molar-refractivity contribution in [3.8, 4) is 22.6 Å². The molecule has 2 aromatic rings. The van der Waals surface area contributed by atoms with Gasteiger partial charge in [0.15, 0.2) is 11.5 Å². The van der Waals surface area contributed by atoms with Crippen LogP contribution in [0.4, 0.5) is 0 Å². The van der Waals surface area contributed by atoms with Gasteiger partial charge >= 0.3 is 35.8 Å².